The summed E-state index contributed by atoms with van der Waals surface area (Å²) < 4.78 is 0. The molecule has 92 valence electrons. The molecule has 0 aliphatic rings. The Balaban J connectivity index is 2.27. The molecule has 0 radical (unpaired) electrons. The number of amides is 1. The zero-order valence-electron chi connectivity index (χ0n) is 9.71. The first-order valence-electron chi connectivity index (χ1n) is 5.30. The molecule has 2 aromatic rings. The number of hydrogen-bond acceptors (Lipinski definition) is 3. The average molecular weight is 279 g/mol. The van der Waals surface area contributed by atoms with Gasteiger partial charge in [0.25, 0.3) is 0 Å². The minimum Gasteiger partial charge on any atom is -0.276 e. The van der Waals surface area contributed by atoms with Gasteiger partial charge >= 0.3 is 0 Å². The molecular weight excluding hydrogens is 268 g/mol. The highest BCUT2D eigenvalue weighted by molar-refractivity contribution is 7.12. The summed E-state index contributed by atoms with van der Waals surface area (Å²) in [4.78, 5) is 12.1. The average Bonchev–Trinajstić information content (AvgIpc) is 2.91. The Bertz CT molecular complexity index is 549. The minimum absolute atomic E-state index is 0.628. The number of carbonyl (C=O) groups excluding carboxylic acids is 1. The van der Waals surface area contributed by atoms with Crippen molar-refractivity contribution < 1.29 is 4.79 Å². The minimum atomic E-state index is 0.628. The predicted molar refractivity (Wildman–Crippen MR) is 76.5 cm³/mol. The van der Waals surface area contributed by atoms with E-state index < -0.39 is 0 Å². The van der Waals surface area contributed by atoms with E-state index in [9.17, 15) is 4.79 Å². The third-order valence-corrected chi connectivity index (χ3v) is 3.56. The van der Waals surface area contributed by atoms with Crippen molar-refractivity contribution in [1.29, 1.82) is 0 Å². The van der Waals surface area contributed by atoms with E-state index in [1.54, 1.807) is 35.6 Å². The first kappa shape index (κ1) is 12.8. The van der Waals surface area contributed by atoms with Gasteiger partial charge in [-0.15, -0.1) is 11.3 Å². The Labute approximate surface area is 114 Å². The summed E-state index contributed by atoms with van der Waals surface area (Å²) in [6.07, 6.45) is 0.681. The van der Waals surface area contributed by atoms with Gasteiger partial charge in [0.15, 0.2) is 0 Å². The zero-order chi connectivity index (χ0) is 13.0. The predicted octanol–water partition coefficient (Wildman–Crippen LogP) is 3.79. The van der Waals surface area contributed by atoms with Crippen molar-refractivity contribution in [2.75, 3.05) is 5.01 Å². The number of anilines is 1. The monoisotopic (exact) mass is 278 g/mol. The van der Waals surface area contributed by atoms with Crippen LogP contribution in [0.15, 0.2) is 46.9 Å². The molecule has 0 aliphatic carbocycles. The fraction of sp³-hybridized carbons (Fsp3) is 0.0769. The molecule has 0 saturated heterocycles. The molecule has 1 heterocycles. The second-order valence-corrected chi connectivity index (χ2v) is 4.97. The van der Waals surface area contributed by atoms with E-state index in [1.807, 2.05) is 24.4 Å². The molecule has 0 bridgehead atoms. The van der Waals surface area contributed by atoms with E-state index in [2.05, 4.69) is 5.10 Å². The van der Waals surface area contributed by atoms with Crippen LogP contribution in [-0.2, 0) is 4.79 Å². The van der Waals surface area contributed by atoms with Gasteiger partial charge in [-0.2, -0.15) is 5.10 Å². The van der Waals surface area contributed by atoms with Gasteiger partial charge in [0, 0.05) is 5.02 Å². The van der Waals surface area contributed by atoms with Crippen molar-refractivity contribution in [3.8, 4) is 0 Å². The quantitative estimate of drug-likeness (QED) is 0.476. The van der Waals surface area contributed by atoms with E-state index in [0.29, 0.717) is 17.1 Å². The van der Waals surface area contributed by atoms with Crippen LogP contribution in [0.1, 0.15) is 11.8 Å². The molecule has 3 nitrogen and oxygen atoms in total. The summed E-state index contributed by atoms with van der Waals surface area (Å²) >= 11 is 7.39. The molecule has 0 N–H and O–H groups in total. The first-order valence-corrected chi connectivity index (χ1v) is 6.55. The van der Waals surface area contributed by atoms with Crippen molar-refractivity contribution in [2.45, 2.75) is 6.92 Å². The zero-order valence-corrected chi connectivity index (χ0v) is 11.3. The topological polar surface area (TPSA) is 32.7 Å². The molecule has 0 atom stereocenters. The summed E-state index contributed by atoms with van der Waals surface area (Å²) in [5, 5.41) is 8.19. The molecule has 2 rings (SSSR count). The normalized spacial score (nSPS) is 11.3. The fourth-order valence-electron chi connectivity index (χ4n) is 1.43. The highest BCUT2D eigenvalue weighted by atomic mass is 35.5. The smallest absolute Gasteiger partial charge is 0.234 e. The number of hydrazone groups is 1. The Hall–Kier alpha value is -1.65. The molecular formula is C13H11ClN2OS. The molecule has 5 heteroatoms. The first-order chi connectivity index (χ1) is 8.70. The van der Waals surface area contributed by atoms with Crippen LogP contribution >= 0.6 is 22.9 Å². The highest BCUT2D eigenvalue weighted by Crippen LogP contribution is 2.18. The SMILES string of the molecule is CC(=NN(C=O)c1ccc(Cl)cc1)c1cccs1. The Kier molecular flexibility index (Phi) is 4.12. The standard InChI is InChI=1S/C13H11ClN2OS/c1-10(13-3-2-8-18-13)15-16(9-17)12-6-4-11(14)5-7-12/h2-9H,1H3. The number of carbonyl (C=O) groups is 1. The van der Waals surface area contributed by atoms with Crippen LogP contribution < -0.4 is 5.01 Å². The van der Waals surface area contributed by atoms with Crippen LogP contribution in [0.3, 0.4) is 0 Å². The van der Waals surface area contributed by atoms with Gasteiger partial charge in [0.2, 0.25) is 6.41 Å². The fourth-order valence-corrected chi connectivity index (χ4v) is 2.23. The van der Waals surface area contributed by atoms with Crippen LogP contribution in [0, 0.1) is 0 Å². The number of rotatable bonds is 4. The molecule has 1 aromatic heterocycles. The summed E-state index contributed by atoms with van der Waals surface area (Å²) in [5.74, 6) is 0. The molecule has 0 aliphatic heterocycles. The van der Waals surface area contributed by atoms with Crippen LogP contribution in [0.2, 0.25) is 5.02 Å². The number of hydrogen-bond donors (Lipinski definition) is 0. The summed E-state index contributed by atoms with van der Waals surface area (Å²) in [6, 6.07) is 10.9. The molecule has 1 aromatic carbocycles. The van der Waals surface area contributed by atoms with E-state index in [-0.39, 0.29) is 0 Å². The van der Waals surface area contributed by atoms with Gasteiger partial charge < -0.3 is 0 Å². The largest absolute Gasteiger partial charge is 0.276 e. The maximum atomic E-state index is 11.1. The number of benzene rings is 1. The lowest BCUT2D eigenvalue weighted by atomic mass is 10.3. The molecule has 0 spiro atoms. The number of nitrogens with zero attached hydrogens (tertiary/aromatic N) is 2. The summed E-state index contributed by atoms with van der Waals surface area (Å²) in [6.45, 7) is 1.87. The van der Waals surface area contributed by atoms with Gasteiger partial charge in [-0.3, -0.25) is 4.79 Å². The third-order valence-electron chi connectivity index (χ3n) is 2.33. The van der Waals surface area contributed by atoms with Crippen molar-refractivity contribution in [3.05, 3.63) is 51.7 Å². The number of thiophene rings is 1. The van der Waals surface area contributed by atoms with Gasteiger partial charge in [0.05, 0.1) is 16.3 Å². The van der Waals surface area contributed by atoms with Gasteiger partial charge in [-0.05, 0) is 42.6 Å². The molecule has 1 amide bonds. The molecule has 0 saturated carbocycles. The lowest BCUT2D eigenvalue weighted by molar-refractivity contribution is -0.107. The van der Waals surface area contributed by atoms with E-state index in [0.717, 1.165) is 10.6 Å². The Morgan fingerprint density at radius 3 is 2.61 bits per heavy atom. The summed E-state index contributed by atoms with van der Waals surface area (Å²) in [5.41, 5.74) is 1.48. The van der Waals surface area contributed by atoms with E-state index in [4.69, 9.17) is 11.6 Å². The maximum Gasteiger partial charge on any atom is 0.234 e. The van der Waals surface area contributed by atoms with Crippen molar-refractivity contribution in [1.82, 2.24) is 0 Å². The highest BCUT2D eigenvalue weighted by Gasteiger charge is 2.05. The van der Waals surface area contributed by atoms with E-state index >= 15 is 0 Å². The molecule has 0 fully saturated rings. The van der Waals surface area contributed by atoms with E-state index in [1.165, 1.54) is 5.01 Å². The van der Waals surface area contributed by atoms with Crippen molar-refractivity contribution >= 4 is 40.7 Å². The second-order valence-electron chi connectivity index (χ2n) is 3.59. The summed E-state index contributed by atoms with van der Waals surface area (Å²) in [7, 11) is 0. The van der Waals surface area contributed by atoms with Gasteiger partial charge in [-0.25, -0.2) is 5.01 Å². The van der Waals surface area contributed by atoms with Crippen LogP contribution in [0.25, 0.3) is 0 Å². The Morgan fingerprint density at radius 1 is 1.33 bits per heavy atom. The third kappa shape index (κ3) is 2.97. The van der Waals surface area contributed by atoms with Crippen molar-refractivity contribution in [2.24, 2.45) is 5.10 Å². The van der Waals surface area contributed by atoms with Crippen LogP contribution in [-0.4, -0.2) is 12.1 Å². The number of halogens is 1. The van der Waals surface area contributed by atoms with Gasteiger partial charge in [-0.1, -0.05) is 17.7 Å². The lowest BCUT2D eigenvalue weighted by Crippen LogP contribution is -2.15. The maximum absolute atomic E-state index is 11.1. The van der Waals surface area contributed by atoms with Gasteiger partial charge in [0.1, 0.15) is 0 Å². The second kappa shape index (κ2) is 5.80. The van der Waals surface area contributed by atoms with Crippen LogP contribution in [0.4, 0.5) is 5.69 Å². The molecule has 0 unspecified atom stereocenters. The van der Waals surface area contributed by atoms with Crippen molar-refractivity contribution in [3.63, 3.8) is 0 Å². The molecule has 18 heavy (non-hydrogen) atoms. The Morgan fingerprint density at radius 2 is 2.06 bits per heavy atom. The van der Waals surface area contributed by atoms with Crippen LogP contribution in [0.5, 0.6) is 0 Å². The lowest BCUT2D eigenvalue weighted by Gasteiger charge is -2.12.